The summed E-state index contributed by atoms with van der Waals surface area (Å²) in [4.78, 5) is 34.9. The summed E-state index contributed by atoms with van der Waals surface area (Å²) in [7, 11) is 0. The van der Waals surface area contributed by atoms with Gasteiger partial charge in [-0.3, -0.25) is 19.7 Å². The molecule has 1 aliphatic rings. The zero-order chi connectivity index (χ0) is 16.1. The topological polar surface area (TPSA) is 107 Å². The molecular formula is C15H17N3O4. The summed E-state index contributed by atoms with van der Waals surface area (Å²) in [5, 5.41) is 10.6. The summed E-state index contributed by atoms with van der Waals surface area (Å²) in [6.07, 6.45) is 4.23. The number of amides is 2. The highest BCUT2D eigenvalue weighted by molar-refractivity contribution is 5.92. The number of rotatable bonds is 4. The van der Waals surface area contributed by atoms with E-state index in [0.29, 0.717) is 31.5 Å². The van der Waals surface area contributed by atoms with E-state index in [9.17, 15) is 19.7 Å². The second-order valence-electron chi connectivity index (χ2n) is 5.18. The van der Waals surface area contributed by atoms with Crippen LogP contribution in [0.4, 0.5) is 5.69 Å². The van der Waals surface area contributed by atoms with Crippen molar-refractivity contribution in [3.63, 3.8) is 0 Å². The first-order chi connectivity index (χ1) is 10.5. The minimum absolute atomic E-state index is 0.0111. The Morgan fingerprint density at radius 2 is 1.82 bits per heavy atom. The zero-order valence-electron chi connectivity index (χ0n) is 12.0. The minimum atomic E-state index is -0.471. The fourth-order valence-electron chi connectivity index (χ4n) is 2.36. The molecule has 1 aromatic carbocycles. The summed E-state index contributed by atoms with van der Waals surface area (Å²) < 4.78 is 0. The Kier molecular flexibility index (Phi) is 4.88. The number of likely N-dealkylation sites (tertiary alicyclic amines) is 1. The second kappa shape index (κ2) is 6.84. The van der Waals surface area contributed by atoms with Gasteiger partial charge in [0, 0.05) is 37.2 Å². The number of nitro groups is 1. The van der Waals surface area contributed by atoms with Crippen molar-refractivity contribution in [3.05, 3.63) is 46.0 Å². The standard InChI is InChI=1S/C15H17N3O4/c16-15(20)12-7-9-17(10-8-12)14(19)6-3-11-1-4-13(5-2-11)18(21)22/h1-6,12H,7-10H2,(H2,16,20)/b6-3+. The smallest absolute Gasteiger partial charge is 0.269 e. The maximum atomic E-state index is 12.0. The van der Waals surface area contributed by atoms with Crippen LogP contribution in [0, 0.1) is 16.0 Å². The highest BCUT2D eigenvalue weighted by atomic mass is 16.6. The molecule has 1 fully saturated rings. The summed E-state index contributed by atoms with van der Waals surface area (Å²) in [5.41, 5.74) is 5.98. The van der Waals surface area contributed by atoms with E-state index in [1.54, 1.807) is 23.1 Å². The van der Waals surface area contributed by atoms with Gasteiger partial charge >= 0.3 is 0 Å². The number of nitrogens with two attached hydrogens (primary N) is 1. The third-order valence-corrected chi connectivity index (χ3v) is 3.73. The first-order valence-corrected chi connectivity index (χ1v) is 6.98. The number of carbonyl (C=O) groups is 2. The van der Waals surface area contributed by atoms with Crippen molar-refractivity contribution >= 4 is 23.6 Å². The third kappa shape index (κ3) is 3.91. The molecule has 0 bridgehead atoms. The lowest BCUT2D eigenvalue weighted by Crippen LogP contribution is -2.41. The van der Waals surface area contributed by atoms with Crippen LogP contribution in [-0.2, 0) is 9.59 Å². The maximum Gasteiger partial charge on any atom is 0.269 e. The van der Waals surface area contributed by atoms with Gasteiger partial charge in [0.1, 0.15) is 0 Å². The van der Waals surface area contributed by atoms with Crippen molar-refractivity contribution in [2.75, 3.05) is 13.1 Å². The molecule has 0 aromatic heterocycles. The fourth-order valence-corrected chi connectivity index (χ4v) is 2.36. The first-order valence-electron chi connectivity index (χ1n) is 6.98. The number of hydrogen-bond acceptors (Lipinski definition) is 4. The Balaban J connectivity index is 1.91. The molecule has 0 atom stereocenters. The van der Waals surface area contributed by atoms with Crippen LogP contribution in [0.5, 0.6) is 0 Å². The van der Waals surface area contributed by atoms with E-state index in [1.165, 1.54) is 18.2 Å². The molecule has 1 aromatic rings. The normalized spacial score (nSPS) is 15.9. The van der Waals surface area contributed by atoms with Crippen molar-refractivity contribution in [1.29, 1.82) is 0 Å². The van der Waals surface area contributed by atoms with Gasteiger partial charge in [0.2, 0.25) is 11.8 Å². The van der Waals surface area contributed by atoms with E-state index in [2.05, 4.69) is 0 Å². The van der Waals surface area contributed by atoms with Crippen molar-refractivity contribution in [1.82, 2.24) is 4.90 Å². The van der Waals surface area contributed by atoms with Gasteiger partial charge in [-0.25, -0.2) is 0 Å². The predicted molar refractivity (Wildman–Crippen MR) is 80.6 cm³/mol. The largest absolute Gasteiger partial charge is 0.369 e. The Morgan fingerprint density at radius 3 is 2.32 bits per heavy atom. The van der Waals surface area contributed by atoms with Gasteiger partial charge in [-0.1, -0.05) is 0 Å². The van der Waals surface area contributed by atoms with Crippen molar-refractivity contribution in [2.45, 2.75) is 12.8 Å². The van der Waals surface area contributed by atoms with E-state index in [0.717, 1.165) is 0 Å². The number of hydrogen-bond donors (Lipinski definition) is 1. The Morgan fingerprint density at radius 1 is 1.23 bits per heavy atom. The number of piperidine rings is 1. The van der Waals surface area contributed by atoms with Crippen LogP contribution in [0.25, 0.3) is 6.08 Å². The van der Waals surface area contributed by atoms with Gasteiger partial charge in [0.25, 0.3) is 5.69 Å². The number of primary amides is 1. The average molecular weight is 303 g/mol. The van der Waals surface area contributed by atoms with E-state index >= 15 is 0 Å². The summed E-state index contributed by atoms with van der Waals surface area (Å²) in [5.74, 6) is -0.600. The molecule has 116 valence electrons. The second-order valence-corrected chi connectivity index (χ2v) is 5.18. The zero-order valence-corrected chi connectivity index (χ0v) is 12.0. The van der Waals surface area contributed by atoms with Crippen LogP contribution in [0.1, 0.15) is 18.4 Å². The van der Waals surface area contributed by atoms with Crippen LogP contribution in [0.2, 0.25) is 0 Å². The average Bonchev–Trinajstić information content (AvgIpc) is 2.53. The molecule has 7 heteroatoms. The lowest BCUT2D eigenvalue weighted by atomic mass is 9.96. The molecule has 2 N–H and O–H groups in total. The van der Waals surface area contributed by atoms with Gasteiger partial charge in [0.05, 0.1) is 4.92 Å². The first kappa shape index (κ1) is 15.7. The van der Waals surface area contributed by atoms with E-state index < -0.39 is 4.92 Å². The Hall–Kier alpha value is -2.70. The van der Waals surface area contributed by atoms with E-state index in [4.69, 9.17) is 5.73 Å². The fraction of sp³-hybridized carbons (Fsp3) is 0.333. The number of non-ortho nitro benzene ring substituents is 1. The lowest BCUT2D eigenvalue weighted by Gasteiger charge is -2.29. The van der Waals surface area contributed by atoms with E-state index in [1.807, 2.05) is 0 Å². The van der Waals surface area contributed by atoms with Crippen molar-refractivity contribution < 1.29 is 14.5 Å². The molecule has 1 heterocycles. The number of benzene rings is 1. The van der Waals surface area contributed by atoms with Gasteiger partial charge in [-0.2, -0.15) is 0 Å². The summed E-state index contributed by atoms with van der Waals surface area (Å²) >= 11 is 0. The predicted octanol–water partition coefficient (Wildman–Crippen LogP) is 1.33. The van der Waals surface area contributed by atoms with Gasteiger partial charge in [0.15, 0.2) is 0 Å². The minimum Gasteiger partial charge on any atom is -0.369 e. The van der Waals surface area contributed by atoms with Crippen LogP contribution < -0.4 is 5.73 Å². The molecule has 7 nitrogen and oxygen atoms in total. The number of nitrogens with zero attached hydrogens (tertiary/aromatic N) is 2. The van der Waals surface area contributed by atoms with Gasteiger partial charge in [-0.05, 0) is 36.6 Å². The SMILES string of the molecule is NC(=O)C1CCN(C(=O)/C=C/c2ccc([N+](=O)[O-])cc2)CC1. The van der Waals surface area contributed by atoms with Crippen LogP contribution in [0.15, 0.2) is 30.3 Å². The van der Waals surface area contributed by atoms with Gasteiger partial charge in [-0.15, -0.1) is 0 Å². The molecule has 0 aliphatic carbocycles. The third-order valence-electron chi connectivity index (χ3n) is 3.73. The molecule has 22 heavy (non-hydrogen) atoms. The molecule has 2 rings (SSSR count). The highest BCUT2D eigenvalue weighted by Crippen LogP contribution is 2.17. The van der Waals surface area contributed by atoms with Crippen LogP contribution >= 0.6 is 0 Å². The monoisotopic (exact) mass is 303 g/mol. The molecular weight excluding hydrogens is 286 g/mol. The highest BCUT2D eigenvalue weighted by Gasteiger charge is 2.24. The summed E-state index contributed by atoms with van der Waals surface area (Å²) in [6.45, 7) is 1.02. The van der Waals surface area contributed by atoms with Crippen molar-refractivity contribution in [2.24, 2.45) is 11.7 Å². The maximum absolute atomic E-state index is 12.0. The van der Waals surface area contributed by atoms with Crippen LogP contribution in [-0.4, -0.2) is 34.7 Å². The van der Waals surface area contributed by atoms with E-state index in [-0.39, 0.29) is 23.4 Å². The molecule has 0 radical (unpaired) electrons. The molecule has 2 amide bonds. The number of carbonyl (C=O) groups excluding carboxylic acids is 2. The quantitative estimate of drug-likeness (QED) is 0.514. The van der Waals surface area contributed by atoms with Crippen molar-refractivity contribution in [3.8, 4) is 0 Å². The molecule has 0 saturated carbocycles. The molecule has 0 unspecified atom stereocenters. The molecule has 1 aliphatic heterocycles. The molecule has 0 spiro atoms. The lowest BCUT2D eigenvalue weighted by molar-refractivity contribution is -0.384. The number of nitro benzene ring substituents is 1. The van der Waals surface area contributed by atoms with Crippen LogP contribution in [0.3, 0.4) is 0 Å². The summed E-state index contributed by atoms with van der Waals surface area (Å²) in [6, 6.07) is 5.95. The Labute approximate surface area is 127 Å². The van der Waals surface area contributed by atoms with Gasteiger partial charge < -0.3 is 10.6 Å². The Bertz CT molecular complexity index is 602. The molecule has 1 saturated heterocycles.